The monoisotopic (exact) mass is 424 g/mol. The van der Waals surface area contributed by atoms with Crippen LogP contribution in [-0.2, 0) is 17.9 Å². The van der Waals surface area contributed by atoms with Gasteiger partial charge in [0.2, 0.25) is 5.91 Å². The number of aromatic nitrogens is 2. The quantitative estimate of drug-likeness (QED) is 0.630. The molecule has 1 saturated heterocycles. The van der Waals surface area contributed by atoms with Gasteiger partial charge in [0, 0.05) is 55.4 Å². The van der Waals surface area contributed by atoms with Crippen LogP contribution in [0.3, 0.4) is 0 Å². The molecule has 1 aliphatic heterocycles. The molecule has 0 aliphatic carbocycles. The van der Waals surface area contributed by atoms with Gasteiger partial charge in [0.05, 0.1) is 6.04 Å². The summed E-state index contributed by atoms with van der Waals surface area (Å²) in [5.74, 6) is -1.40. The van der Waals surface area contributed by atoms with Crippen LogP contribution in [0, 0.1) is 25.5 Å². The first-order valence-electron chi connectivity index (χ1n) is 10.4. The highest BCUT2D eigenvalue weighted by atomic mass is 19.1. The Morgan fingerprint density at radius 2 is 1.97 bits per heavy atom. The molecule has 1 aliphatic rings. The Morgan fingerprint density at radius 3 is 2.68 bits per heavy atom. The van der Waals surface area contributed by atoms with Crippen LogP contribution in [0.2, 0.25) is 0 Å². The normalized spacial score (nSPS) is 18.8. The van der Waals surface area contributed by atoms with E-state index in [1.54, 1.807) is 6.20 Å². The minimum atomic E-state index is -0.646. The number of nitrogens with zero attached hydrogens (tertiary/aromatic N) is 2. The van der Waals surface area contributed by atoms with Gasteiger partial charge in [-0.25, -0.2) is 8.78 Å². The van der Waals surface area contributed by atoms with Crippen LogP contribution < -0.4 is 10.6 Å². The zero-order chi connectivity index (χ0) is 22.0. The molecule has 0 spiro atoms. The Labute approximate surface area is 180 Å². The third kappa shape index (κ3) is 4.82. The molecule has 7 heteroatoms. The van der Waals surface area contributed by atoms with E-state index in [0.717, 1.165) is 35.1 Å². The highest BCUT2D eigenvalue weighted by molar-refractivity contribution is 5.77. The molecule has 0 bridgehead atoms. The standard InChI is InChI=1S/C24H26F2N4O/c1-15-8-19(16(2)30(15)14-17-4-3-7-27-12-17)13-28-22-5-6-23(31)29-24(22)18-9-20(25)11-21(26)10-18/h3-4,7-12,22,24,28H,5-6,13-14H2,1-2H3,(H,29,31)/t22-,24+/m1/s1. The molecule has 0 radical (unpaired) electrons. The van der Waals surface area contributed by atoms with Gasteiger partial charge in [0.15, 0.2) is 0 Å². The van der Waals surface area contributed by atoms with Crippen molar-refractivity contribution in [3.8, 4) is 0 Å². The van der Waals surface area contributed by atoms with Gasteiger partial charge in [-0.05, 0) is 61.2 Å². The molecule has 2 aromatic heterocycles. The summed E-state index contributed by atoms with van der Waals surface area (Å²) in [5.41, 5.74) is 5.03. The second kappa shape index (κ2) is 8.98. The first kappa shape index (κ1) is 21.2. The predicted octanol–water partition coefficient (Wildman–Crippen LogP) is 3.94. The van der Waals surface area contributed by atoms with Gasteiger partial charge in [-0.15, -0.1) is 0 Å². The van der Waals surface area contributed by atoms with Gasteiger partial charge in [-0.3, -0.25) is 9.78 Å². The largest absolute Gasteiger partial charge is 0.348 e. The summed E-state index contributed by atoms with van der Waals surface area (Å²) in [5, 5.41) is 6.40. The van der Waals surface area contributed by atoms with Crippen LogP contribution >= 0.6 is 0 Å². The third-order valence-electron chi connectivity index (χ3n) is 5.94. The number of pyridine rings is 1. The maximum Gasteiger partial charge on any atom is 0.220 e. The second-order valence-electron chi connectivity index (χ2n) is 8.12. The molecule has 31 heavy (non-hydrogen) atoms. The van der Waals surface area contributed by atoms with Crippen LogP contribution in [0.25, 0.3) is 0 Å². The highest BCUT2D eigenvalue weighted by Crippen LogP contribution is 2.26. The second-order valence-corrected chi connectivity index (χ2v) is 8.12. The fraction of sp³-hybridized carbons (Fsp3) is 0.333. The van der Waals surface area contributed by atoms with Crippen molar-refractivity contribution in [3.63, 3.8) is 0 Å². The number of hydrogen-bond donors (Lipinski definition) is 2. The van der Waals surface area contributed by atoms with E-state index in [1.165, 1.54) is 12.1 Å². The predicted molar refractivity (Wildman–Crippen MR) is 114 cm³/mol. The first-order valence-corrected chi connectivity index (χ1v) is 10.4. The van der Waals surface area contributed by atoms with Crippen LogP contribution in [-0.4, -0.2) is 21.5 Å². The molecule has 3 heterocycles. The zero-order valence-electron chi connectivity index (χ0n) is 17.7. The third-order valence-corrected chi connectivity index (χ3v) is 5.94. The number of amides is 1. The van der Waals surface area contributed by atoms with Crippen molar-refractivity contribution in [1.82, 2.24) is 20.2 Å². The average Bonchev–Trinajstić information content (AvgIpc) is 3.00. The number of hydrogen-bond acceptors (Lipinski definition) is 3. The van der Waals surface area contributed by atoms with Gasteiger partial charge in [0.1, 0.15) is 11.6 Å². The van der Waals surface area contributed by atoms with E-state index in [9.17, 15) is 13.6 Å². The topological polar surface area (TPSA) is 59.0 Å². The minimum absolute atomic E-state index is 0.109. The van der Waals surface area contributed by atoms with E-state index in [-0.39, 0.29) is 11.9 Å². The number of carbonyl (C=O) groups excluding carboxylic acids is 1. The number of nitrogens with one attached hydrogen (secondary N) is 2. The molecule has 2 N–H and O–H groups in total. The van der Waals surface area contributed by atoms with Gasteiger partial charge in [0.25, 0.3) is 0 Å². The summed E-state index contributed by atoms with van der Waals surface area (Å²) in [7, 11) is 0. The smallest absolute Gasteiger partial charge is 0.220 e. The Hall–Kier alpha value is -3.06. The summed E-state index contributed by atoms with van der Waals surface area (Å²) in [6.07, 6.45) is 4.61. The molecule has 0 unspecified atom stereocenters. The summed E-state index contributed by atoms with van der Waals surface area (Å²) < 4.78 is 29.8. The van der Waals surface area contributed by atoms with E-state index in [1.807, 2.05) is 12.3 Å². The van der Waals surface area contributed by atoms with Crippen molar-refractivity contribution in [1.29, 1.82) is 0 Å². The van der Waals surface area contributed by atoms with Crippen LogP contribution in [0.1, 0.15) is 47.0 Å². The van der Waals surface area contributed by atoms with Crippen LogP contribution in [0.15, 0.2) is 48.8 Å². The van der Waals surface area contributed by atoms with Gasteiger partial charge in [-0.1, -0.05) is 6.07 Å². The Morgan fingerprint density at radius 1 is 1.19 bits per heavy atom. The van der Waals surface area contributed by atoms with E-state index in [4.69, 9.17) is 0 Å². The molecule has 162 valence electrons. The van der Waals surface area contributed by atoms with Crippen molar-refractivity contribution in [2.75, 3.05) is 0 Å². The van der Waals surface area contributed by atoms with Gasteiger partial charge >= 0.3 is 0 Å². The van der Waals surface area contributed by atoms with Gasteiger partial charge < -0.3 is 15.2 Å². The van der Waals surface area contributed by atoms with Crippen molar-refractivity contribution >= 4 is 5.91 Å². The molecule has 5 nitrogen and oxygen atoms in total. The average molecular weight is 424 g/mol. The maximum absolute atomic E-state index is 13.8. The molecule has 0 saturated carbocycles. The number of rotatable bonds is 6. The van der Waals surface area contributed by atoms with Crippen molar-refractivity contribution in [3.05, 3.63) is 88.5 Å². The molecule has 3 aromatic rings. The van der Waals surface area contributed by atoms with E-state index in [2.05, 4.69) is 46.2 Å². The Bertz CT molecular complexity index is 1060. The van der Waals surface area contributed by atoms with Crippen molar-refractivity contribution < 1.29 is 13.6 Å². The van der Waals surface area contributed by atoms with Crippen LogP contribution in [0.5, 0.6) is 0 Å². The fourth-order valence-corrected chi connectivity index (χ4v) is 4.30. The molecule has 1 fully saturated rings. The summed E-state index contributed by atoms with van der Waals surface area (Å²) in [4.78, 5) is 16.2. The Balaban J connectivity index is 1.51. The molecule has 1 aromatic carbocycles. The number of aryl methyl sites for hydroxylation is 1. The van der Waals surface area contributed by atoms with Crippen molar-refractivity contribution in [2.24, 2.45) is 0 Å². The SMILES string of the molecule is Cc1cc(CN[C@@H]2CCC(=O)N[C@H]2c2cc(F)cc(F)c2)c(C)n1Cc1cccnc1. The first-order chi connectivity index (χ1) is 14.9. The summed E-state index contributed by atoms with van der Waals surface area (Å²) in [6, 6.07) is 8.94. The lowest BCUT2D eigenvalue weighted by Crippen LogP contribution is -2.48. The number of piperidine rings is 1. The lowest BCUT2D eigenvalue weighted by atomic mass is 9.91. The number of carbonyl (C=O) groups is 1. The molecule has 2 atom stereocenters. The number of benzene rings is 1. The van der Waals surface area contributed by atoms with Crippen LogP contribution in [0.4, 0.5) is 8.78 Å². The molecular weight excluding hydrogens is 398 g/mol. The molecule has 4 rings (SSSR count). The molecule has 1 amide bonds. The van der Waals surface area contributed by atoms with E-state index in [0.29, 0.717) is 24.9 Å². The van der Waals surface area contributed by atoms with Crippen molar-refractivity contribution in [2.45, 2.75) is 51.9 Å². The number of halogens is 2. The summed E-state index contributed by atoms with van der Waals surface area (Å²) >= 11 is 0. The van der Waals surface area contributed by atoms with E-state index >= 15 is 0 Å². The highest BCUT2D eigenvalue weighted by Gasteiger charge is 2.30. The lowest BCUT2D eigenvalue weighted by Gasteiger charge is -2.33. The van der Waals surface area contributed by atoms with E-state index < -0.39 is 17.7 Å². The minimum Gasteiger partial charge on any atom is -0.348 e. The zero-order valence-corrected chi connectivity index (χ0v) is 17.7. The van der Waals surface area contributed by atoms with Gasteiger partial charge in [-0.2, -0.15) is 0 Å². The summed E-state index contributed by atoms with van der Waals surface area (Å²) in [6.45, 7) is 5.51. The molecular formula is C24H26F2N4O. The fourth-order valence-electron chi connectivity index (χ4n) is 4.30. The maximum atomic E-state index is 13.8. The lowest BCUT2D eigenvalue weighted by molar-refractivity contribution is -0.123. The Kier molecular flexibility index (Phi) is 6.13.